The molecule has 1 unspecified atom stereocenters. The average Bonchev–Trinajstić information content (AvgIpc) is 2.18. The minimum Gasteiger partial charge on any atom is -0.494 e. The molecule has 3 nitrogen and oxygen atoms in total. The van der Waals surface area contributed by atoms with Gasteiger partial charge in [0.05, 0.1) is 13.2 Å². The summed E-state index contributed by atoms with van der Waals surface area (Å²) in [6.07, 6.45) is -0.397. The van der Waals surface area contributed by atoms with Gasteiger partial charge < -0.3 is 14.6 Å². The maximum atomic E-state index is 13.1. The Morgan fingerprint density at radius 2 is 2.36 bits per heavy atom. The first-order chi connectivity index (χ1) is 6.69. The highest BCUT2D eigenvalue weighted by molar-refractivity contribution is 5.51. The normalized spacial score (nSPS) is 12.2. The fourth-order valence-electron chi connectivity index (χ4n) is 1.12. The zero-order valence-corrected chi connectivity index (χ0v) is 7.74. The summed E-state index contributed by atoms with van der Waals surface area (Å²) >= 11 is 0. The molecule has 0 bridgehead atoms. The van der Waals surface area contributed by atoms with Crippen molar-refractivity contribution >= 4 is 6.29 Å². The van der Waals surface area contributed by atoms with Gasteiger partial charge in [0.15, 0.2) is 11.6 Å². The molecule has 14 heavy (non-hydrogen) atoms. The second-order valence-electron chi connectivity index (χ2n) is 2.81. The van der Waals surface area contributed by atoms with Crippen molar-refractivity contribution in [3.05, 3.63) is 29.6 Å². The van der Waals surface area contributed by atoms with Crippen LogP contribution in [-0.4, -0.2) is 18.5 Å². The number of benzene rings is 1. The van der Waals surface area contributed by atoms with Crippen LogP contribution in [0, 0.1) is 5.82 Å². The Labute approximate surface area is 81.1 Å². The van der Waals surface area contributed by atoms with Gasteiger partial charge in [-0.3, -0.25) is 0 Å². The predicted molar refractivity (Wildman–Crippen MR) is 48.6 cm³/mol. The highest BCUT2D eigenvalue weighted by Crippen LogP contribution is 2.22. The van der Waals surface area contributed by atoms with Gasteiger partial charge in [-0.1, -0.05) is 6.07 Å². The number of carbonyl (C=O) groups excluding carboxylic acids is 1. The third kappa shape index (κ3) is 2.29. The fraction of sp³-hybridized carbons (Fsp3) is 0.300. The first kappa shape index (κ1) is 10.7. The Hall–Kier alpha value is -1.42. The number of rotatable bonds is 4. The lowest BCUT2D eigenvalue weighted by Gasteiger charge is -2.08. The molecular weight excluding hydrogens is 187 g/mol. The number of halogens is 1. The van der Waals surface area contributed by atoms with Crippen LogP contribution in [0.1, 0.15) is 18.1 Å². The van der Waals surface area contributed by atoms with Gasteiger partial charge in [0.2, 0.25) is 0 Å². The smallest absolute Gasteiger partial charge is 0.165 e. The lowest BCUT2D eigenvalue weighted by atomic mass is 10.1. The van der Waals surface area contributed by atoms with Crippen molar-refractivity contribution in [3.63, 3.8) is 0 Å². The van der Waals surface area contributed by atoms with E-state index in [9.17, 15) is 14.3 Å². The molecule has 76 valence electrons. The number of carbonyl (C=O) groups is 1. The van der Waals surface area contributed by atoms with Gasteiger partial charge in [0, 0.05) is 6.42 Å². The van der Waals surface area contributed by atoms with Gasteiger partial charge in [-0.15, -0.1) is 0 Å². The minimum absolute atomic E-state index is 0.0359. The third-order valence-electron chi connectivity index (χ3n) is 1.88. The summed E-state index contributed by atoms with van der Waals surface area (Å²) in [5.74, 6) is -0.429. The molecule has 1 N–H and O–H groups in total. The summed E-state index contributed by atoms with van der Waals surface area (Å²) in [7, 11) is 1.36. The van der Waals surface area contributed by atoms with E-state index < -0.39 is 11.9 Å². The summed E-state index contributed by atoms with van der Waals surface area (Å²) in [5, 5.41) is 9.37. The van der Waals surface area contributed by atoms with Crippen LogP contribution < -0.4 is 4.74 Å². The molecule has 0 fully saturated rings. The summed E-state index contributed by atoms with van der Waals surface area (Å²) in [4.78, 5) is 10.1. The Balaban J connectivity index is 2.90. The van der Waals surface area contributed by atoms with Gasteiger partial charge in [-0.2, -0.15) is 0 Å². The number of aldehydes is 1. The Morgan fingerprint density at radius 1 is 1.64 bits per heavy atom. The quantitative estimate of drug-likeness (QED) is 0.745. The molecule has 0 aliphatic carbocycles. The van der Waals surface area contributed by atoms with Crippen LogP contribution in [0.5, 0.6) is 5.75 Å². The summed E-state index contributed by atoms with van der Waals surface area (Å²) in [5.41, 5.74) is 0.371. The first-order valence-electron chi connectivity index (χ1n) is 4.14. The van der Waals surface area contributed by atoms with E-state index >= 15 is 0 Å². The zero-order valence-electron chi connectivity index (χ0n) is 7.74. The maximum absolute atomic E-state index is 13.1. The van der Waals surface area contributed by atoms with E-state index in [2.05, 4.69) is 0 Å². The van der Waals surface area contributed by atoms with Crippen molar-refractivity contribution in [2.75, 3.05) is 7.11 Å². The number of methoxy groups -OCH3 is 1. The minimum atomic E-state index is -0.951. The molecule has 0 saturated carbocycles. The van der Waals surface area contributed by atoms with Crippen molar-refractivity contribution < 1.29 is 19.0 Å². The summed E-state index contributed by atoms with van der Waals surface area (Å²) in [6.45, 7) is 0. The van der Waals surface area contributed by atoms with Crippen LogP contribution in [0.15, 0.2) is 18.2 Å². The molecule has 0 saturated heterocycles. The molecule has 4 heteroatoms. The molecule has 1 rings (SSSR count). The molecule has 1 atom stereocenters. The van der Waals surface area contributed by atoms with Gasteiger partial charge in [-0.05, 0) is 17.7 Å². The number of hydrogen-bond acceptors (Lipinski definition) is 3. The number of hydrogen-bond donors (Lipinski definition) is 1. The van der Waals surface area contributed by atoms with Crippen molar-refractivity contribution in [1.29, 1.82) is 0 Å². The average molecular weight is 198 g/mol. The number of ether oxygens (including phenoxy) is 1. The molecular formula is C10H11FO3. The number of aliphatic hydroxyl groups excluding tert-OH is 1. The predicted octanol–water partition coefficient (Wildman–Crippen LogP) is 1.46. The van der Waals surface area contributed by atoms with Crippen LogP contribution in [0.4, 0.5) is 4.39 Å². The van der Waals surface area contributed by atoms with Crippen molar-refractivity contribution in [3.8, 4) is 5.75 Å². The van der Waals surface area contributed by atoms with E-state index in [1.165, 1.54) is 19.2 Å². The lowest BCUT2D eigenvalue weighted by molar-refractivity contribution is -0.109. The standard InChI is InChI=1S/C10H11FO3/c1-14-10-3-2-7(6-8(10)11)9(13)4-5-12/h2-3,5-6,9,13H,4H2,1H3. The summed E-state index contributed by atoms with van der Waals surface area (Å²) < 4.78 is 17.8. The molecule has 0 heterocycles. The van der Waals surface area contributed by atoms with Crippen LogP contribution >= 0.6 is 0 Å². The van der Waals surface area contributed by atoms with Crippen molar-refractivity contribution in [2.24, 2.45) is 0 Å². The fourth-order valence-corrected chi connectivity index (χ4v) is 1.12. The van der Waals surface area contributed by atoms with E-state index in [4.69, 9.17) is 4.74 Å². The van der Waals surface area contributed by atoms with Crippen molar-refractivity contribution in [2.45, 2.75) is 12.5 Å². The van der Waals surface area contributed by atoms with Gasteiger partial charge >= 0.3 is 0 Å². The van der Waals surface area contributed by atoms with Gasteiger partial charge in [0.25, 0.3) is 0 Å². The van der Waals surface area contributed by atoms with Crippen LogP contribution in [0.3, 0.4) is 0 Å². The van der Waals surface area contributed by atoms with E-state index in [1.54, 1.807) is 0 Å². The second kappa shape index (κ2) is 4.72. The highest BCUT2D eigenvalue weighted by Gasteiger charge is 2.10. The topological polar surface area (TPSA) is 46.5 Å². The Bertz CT molecular complexity index is 325. The molecule has 0 aromatic heterocycles. The zero-order chi connectivity index (χ0) is 10.6. The van der Waals surface area contributed by atoms with Gasteiger partial charge in [0.1, 0.15) is 6.29 Å². The Morgan fingerprint density at radius 3 is 2.86 bits per heavy atom. The maximum Gasteiger partial charge on any atom is 0.165 e. The Kier molecular flexibility index (Phi) is 3.59. The van der Waals surface area contributed by atoms with Crippen LogP contribution in [-0.2, 0) is 4.79 Å². The van der Waals surface area contributed by atoms with E-state index in [0.717, 1.165) is 6.07 Å². The van der Waals surface area contributed by atoms with Crippen LogP contribution in [0.25, 0.3) is 0 Å². The molecule has 1 aromatic rings. The second-order valence-corrected chi connectivity index (χ2v) is 2.81. The molecule has 1 aromatic carbocycles. The highest BCUT2D eigenvalue weighted by atomic mass is 19.1. The lowest BCUT2D eigenvalue weighted by Crippen LogP contribution is -1.99. The monoisotopic (exact) mass is 198 g/mol. The largest absolute Gasteiger partial charge is 0.494 e. The molecule has 0 aliphatic heterocycles. The first-order valence-corrected chi connectivity index (χ1v) is 4.14. The summed E-state index contributed by atoms with van der Waals surface area (Å²) in [6, 6.07) is 4.10. The third-order valence-corrected chi connectivity index (χ3v) is 1.88. The SMILES string of the molecule is COc1ccc(C(O)CC=O)cc1F. The van der Waals surface area contributed by atoms with E-state index in [-0.39, 0.29) is 12.2 Å². The number of aliphatic hydroxyl groups is 1. The van der Waals surface area contributed by atoms with Crippen LogP contribution in [0.2, 0.25) is 0 Å². The molecule has 0 radical (unpaired) electrons. The van der Waals surface area contributed by atoms with E-state index in [1.807, 2.05) is 0 Å². The molecule has 0 amide bonds. The van der Waals surface area contributed by atoms with Gasteiger partial charge in [-0.25, -0.2) is 4.39 Å². The molecule has 0 aliphatic rings. The van der Waals surface area contributed by atoms with Crippen molar-refractivity contribution in [1.82, 2.24) is 0 Å². The molecule has 0 spiro atoms. The van der Waals surface area contributed by atoms with E-state index in [0.29, 0.717) is 11.8 Å².